The minimum atomic E-state index is -1.01. The molecule has 0 saturated carbocycles. The van der Waals surface area contributed by atoms with Gasteiger partial charge < -0.3 is 10.1 Å². The molecule has 2 aromatic carbocycles. The average Bonchev–Trinajstić information content (AvgIpc) is 2.64. The Morgan fingerprint density at radius 2 is 2.04 bits per heavy atom. The van der Waals surface area contributed by atoms with Gasteiger partial charge in [0.1, 0.15) is 17.9 Å². The summed E-state index contributed by atoms with van der Waals surface area (Å²) < 4.78 is 30.1. The lowest BCUT2D eigenvalue weighted by molar-refractivity contribution is 0.412. The van der Waals surface area contributed by atoms with E-state index in [0.29, 0.717) is 39.5 Å². The van der Waals surface area contributed by atoms with Gasteiger partial charge in [0.05, 0.1) is 12.7 Å². The number of methoxy groups -OCH3 is 1. The van der Waals surface area contributed by atoms with Gasteiger partial charge in [-0.1, -0.05) is 11.6 Å². The third kappa shape index (κ3) is 4.78. The van der Waals surface area contributed by atoms with E-state index in [4.69, 9.17) is 16.3 Å². The first-order valence-electron chi connectivity index (χ1n) is 7.84. The second-order valence-electron chi connectivity index (χ2n) is 5.63. The first-order valence-corrected chi connectivity index (χ1v) is 9.95. The van der Waals surface area contributed by atoms with Crippen molar-refractivity contribution in [3.63, 3.8) is 0 Å². The second-order valence-corrected chi connectivity index (χ2v) is 7.47. The zero-order chi connectivity index (χ0) is 19.4. The third-order valence-corrected chi connectivity index (χ3v) is 4.72. The van der Waals surface area contributed by atoms with Gasteiger partial charge in [-0.15, -0.1) is 0 Å². The summed E-state index contributed by atoms with van der Waals surface area (Å²) in [7, 11) is 0.436. The van der Waals surface area contributed by atoms with Gasteiger partial charge in [-0.3, -0.25) is 4.21 Å². The monoisotopic (exact) mass is 406 g/mol. The molecule has 3 rings (SSSR count). The maximum absolute atomic E-state index is 13.4. The molecule has 0 bridgehead atoms. The van der Waals surface area contributed by atoms with Crippen molar-refractivity contribution in [2.45, 2.75) is 5.75 Å². The Morgan fingerprint density at radius 3 is 2.78 bits per heavy atom. The van der Waals surface area contributed by atoms with Crippen molar-refractivity contribution in [2.75, 3.05) is 18.7 Å². The van der Waals surface area contributed by atoms with Gasteiger partial charge in [0.2, 0.25) is 5.95 Å². The highest BCUT2D eigenvalue weighted by molar-refractivity contribution is 7.83. The van der Waals surface area contributed by atoms with E-state index >= 15 is 0 Å². The van der Waals surface area contributed by atoms with Crippen molar-refractivity contribution in [3.05, 3.63) is 59.1 Å². The van der Waals surface area contributed by atoms with Gasteiger partial charge in [0.25, 0.3) is 0 Å². The van der Waals surface area contributed by atoms with Crippen molar-refractivity contribution < 1.29 is 13.3 Å². The zero-order valence-corrected chi connectivity index (χ0v) is 16.1. The van der Waals surface area contributed by atoms with E-state index in [1.54, 1.807) is 30.5 Å². The molecule has 27 heavy (non-hydrogen) atoms. The van der Waals surface area contributed by atoms with E-state index in [1.807, 2.05) is 0 Å². The standard InChI is InChI=1S/C18H16ClFN4O2S/c1-26-16-8-12(20)3-5-14(16)17-21-10-22-18(24-17)23-13-4-6-15(19)11(7-13)9-27(2)25/h3-8,10H,9H2,1-2H3,(H,21,22,23,24). The van der Waals surface area contributed by atoms with Crippen LogP contribution in [0, 0.1) is 5.82 Å². The lowest BCUT2D eigenvalue weighted by atomic mass is 10.2. The van der Waals surface area contributed by atoms with Gasteiger partial charge >= 0.3 is 0 Å². The number of ether oxygens (including phenoxy) is 1. The summed E-state index contributed by atoms with van der Waals surface area (Å²) in [6.45, 7) is 0. The van der Waals surface area contributed by atoms with Crippen LogP contribution in [0.25, 0.3) is 11.4 Å². The number of hydrogen-bond donors (Lipinski definition) is 1. The zero-order valence-electron chi connectivity index (χ0n) is 14.6. The van der Waals surface area contributed by atoms with Crippen molar-refractivity contribution in [2.24, 2.45) is 0 Å². The van der Waals surface area contributed by atoms with Crippen molar-refractivity contribution in [1.29, 1.82) is 0 Å². The third-order valence-electron chi connectivity index (χ3n) is 3.64. The molecular formula is C18H16ClFN4O2S. The van der Waals surface area contributed by atoms with Crippen LogP contribution in [0.5, 0.6) is 5.75 Å². The number of nitrogens with zero attached hydrogens (tertiary/aromatic N) is 3. The Bertz CT molecular complexity index is 1000. The van der Waals surface area contributed by atoms with E-state index in [9.17, 15) is 8.60 Å². The average molecular weight is 407 g/mol. The highest BCUT2D eigenvalue weighted by Crippen LogP contribution is 2.29. The molecule has 0 aliphatic rings. The largest absolute Gasteiger partial charge is 0.496 e. The molecule has 140 valence electrons. The molecule has 6 nitrogen and oxygen atoms in total. The SMILES string of the molecule is COc1cc(F)ccc1-c1ncnc(Nc2ccc(Cl)c(CS(C)=O)c2)n1. The first-order chi connectivity index (χ1) is 13.0. The van der Waals surface area contributed by atoms with Crippen LogP contribution in [-0.4, -0.2) is 32.5 Å². The minimum absolute atomic E-state index is 0.303. The lowest BCUT2D eigenvalue weighted by Gasteiger charge is -2.10. The van der Waals surface area contributed by atoms with Crippen LogP contribution in [0.3, 0.4) is 0 Å². The maximum atomic E-state index is 13.4. The van der Waals surface area contributed by atoms with Crippen LogP contribution in [0.15, 0.2) is 42.7 Å². The van der Waals surface area contributed by atoms with Gasteiger partial charge in [0, 0.05) is 39.6 Å². The summed E-state index contributed by atoms with van der Waals surface area (Å²) in [4.78, 5) is 12.6. The van der Waals surface area contributed by atoms with Crippen LogP contribution in [0.1, 0.15) is 5.56 Å². The number of benzene rings is 2. The fourth-order valence-electron chi connectivity index (χ4n) is 2.45. The fraction of sp³-hybridized carbons (Fsp3) is 0.167. The lowest BCUT2D eigenvalue weighted by Crippen LogP contribution is -2.02. The number of halogens is 2. The van der Waals surface area contributed by atoms with E-state index in [0.717, 1.165) is 5.56 Å². The van der Waals surface area contributed by atoms with Gasteiger partial charge in [0.15, 0.2) is 5.82 Å². The summed E-state index contributed by atoms with van der Waals surface area (Å²) in [6, 6.07) is 9.41. The summed E-state index contributed by atoms with van der Waals surface area (Å²) in [5.74, 6) is 0.908. The molecule has 1 heterocycles. The fourth-order valence-corrected chi connectivity index (χ4v) is 3.39. The normalized spacial score (nSPS) is 11.9. The van der Waals surface area contributed by atoms with Crippen molar-refractivity contribution in [1.82, 2.24) is 15.0 Å². The van der Waals surface area contributed by atoms with E-state index in [2.05, 4.69) is 20.3 Å². The predicted molar refractivity (Wildman–Crippen MR) is 104 cm³/mol. The highest BCUT2D eigenvalue weighted by atomic mass is 35.5. The molecule has 0 aliphatic heterocycles. The summed E-state index contributed by atoms with van der Waals surface area (Å²) in [5, 5.41) is 3.61. The quantitative estimate of drug-likeness (QED) is 0.667. The Balaban J connectivity index is 1.90. The number of aromatic nitrogens is 3. The Labute approximate surface area is 163 Å². The Morgan fingerprint density at radius 1 is 1.22 bits per heavy atom. The van der Waals surface area contributed by atoms with E-state index in [-0.39, 0.29) is 0 Å². The first kappa shape index (κ1) is 19.2. The molecule has 0 fully saturated rings. The summed E-state index contributed by atoms with van der Waals surface area (Å²) in [5.41, 5.74) is 2.00. The highest BCUT2D eigenvalue weighted by Gasteiger charge is 2.12. The molecule has 0 saturated heterocycles. The molecule has 1 aromatic heterocycles. The predicted octanol–water partition coefficient (Wildman–Crippen LogP) is 3.96. The summed E-state index contributed by atoms with van der Waals surface area (Å²) >= 11 is 6.15. The molecule has 1 N–H and O–H groups in total. The number of rotatable bonds is 6. The second kappa shape index (κ2) is 8.41. The van der Waals surface area contributed by atoms with Crippen molar-refractivity contribution >= 4 is 34.0 Å². The Hall–Kier alpha value is -2.58. The molecule has 1 atom stereocenters. The van der Waals surface area contributed by atoms with Crippen LogP contribution in [0.4, 0.5) is 16.0 Å². The molecule has 0 aliphatic carbocycles. The van der Waals surface area contributed by atoms with Crippen LogP contribution in [-0.2, 0) is 16.6 Å². The minimum Gasteiger partial charge on any atom is -0.496 e. The molecule has 1 unspecified atom stereocenters. The molecule has 0 amide bonds. The molecule has 0 radical (unpaired) electrons. The van der Waals surface area contributed by atoms with E-state index < -0.39 is 16.6 Å². The summed E-state index contributed by atoms with van der Waals surface area (Å²) in [6.07, 6.45) is 2.97. The Kier molecular flexibility index (Phi) is 5.98. The van der Waals surface area contributed by atoms with Crippen LogP contribution < -0.4 is 10.1 Å². The number of hydrogen-bond acceptors (Lipinski definition) is 6. The number of nitrogens with one attached hydrogen (secondary N) is 1. The van der Waals surface area contributed by atoms with Crippen LogP contribution in [0.2, 0.25) is 5.02 Å². The maximum Gasteiger partial charge on any atom is 0.230 e. The number of anilines is 2. The molecule has 9 heteroatoms. The van der Waals surface area contributed by atoms with Crippen LogP contribution >= 0.6 is 11.6 Å². The van der Waals surface area contributed by atoms with E-state index in [1.165, 1.54) is 25.6 Å². The van der Waals surface area contributed by atoms with Gasteiger partial charge in [-0.2, -0.15) is 4.98 Å². The molecular weight excluding hydrogens is 391 g/mol. The van der Waals surface area contributed by atoms with Gasteiger partial charge in [-0.05, 0) is 35.9 Å². The molecule has 0 spiro atoms. The molecule has 3 aromatic rings. The smallest absolute Gasteiger partial charge is 0.230 e. The van der Waals surface area contributed by atoms with Crippen molar-refractivity contribution in [3.8, 4) is 17.1 Å². The topological polar surface area (TPSA) is 77.0 Å². The van der Waals surface area contributed by atoms with Gasteiger partial charge in [-0.25, -0.2) is 14.4 Å².